The molecule has 172 valence electrons. The van der Waals surface area contributed by atoms with Crippen LogP contribution < -0.4 is 9.47 Å². The fourth-order valence-corrected chi connectivity index (χ4v) is 6.76. The van der Waals surface area contributed by atoms with Crippen LogP contribution >= 0.6 is 34.7 Å². The van der Waals surface area contributed by atoms with Crippen LogP contribution in [0.3, 0.4) is 0 Å². The van der Waals surface area contributed by atoms with E-state index in [4.69, 9.17) is 25.8 Å². The van der Waals surface area contributed by atoms with E-state index in [9.17, 15) is 9.59 Å². The third kappa shape index (κ3) is 4.77. The minimum absolute atomic E-state index is 0.0759. The highest BCUT2D eigenvalue weighted by Gasteiger charge is 2.52. The number of esters is 1. The topological polar surface area (TPSA) is 74.7 Å². The number of methoxy groups -OCH3 is 2. The molecule has 0 bridgehead atoms. The van der Waals surface area contributed by atoms with Crippen molar-refractivity contribution in [2.24, 2.45) is 5.92 Å². The quantitative estimate of drug-likeness (QED) is 0.361. The third-order valence-electron chi connectivity index (χ3n) is 6.38. The van der Waals surface area contributed by atoms with Gasteiger partial charge in [0.05, 0.1) is 19.2 Å². The molecule has 1 aromatic carbocycles. The molecule has 2 heterocycles. The van der Waals surface area contributed by atoms with E-state index >= 15 is 0 Å². The van der Waals surface area contributed by atoms with Crippen molar-refractivity contribution in [2.75, 3.05) is 14.2 Å². The maximum absolute atomic E-state index is 13.2. The Labute approximate surface area is 201 Å². The van der Waals surface area contributed by atoms with Gasteiger partial charge >= 0.3 is 5.97 Å². The number of carbonyl (C=O) groups excluding carboxylic acids is 2. The van der Waals surface area contributed by atoms with E-state index in [1.54, 1.807) is 26.5 Å². The van der Waals surface area contributed by atoms with Crippen LogP contribution in [0, 0.1) is 5.92 Å². The van der Waals surface area contributed by atoms with Crippen LogP contribution in [0.4, 0.5) is 0 Å². The predicted octanol–water partition coefficient (Wildman–Crippen LogP) is 5.35. The molecule has 2 aromatic rings. The fraction of sp³-hybridized carbons (Fsp3) is 0.522. The zero-order valence-corrected chi connectivity index (χ0v) is 20.5. The van der Waals surface area contributed by atoms with E-state index in [1.807, 2.05) is 11.4 Å². The molecule has 9 heteroatoms. The van der Waals surface area contributed by atoms with Crippen LogP contribution in [-0.2, 0) is 20.7 Å². The van der Waals surface area contributed by atoms with Crippen molar-refractivity contribution >= 4 is 46.5 Å². The lowest BCUT2D eigenvalue weighted by Gasteiger charge is -2.42. The summed E-state index contributed by atoms with van der Waals surface area (Å²) in [6, 6.07) is 3.59. The number of aromatic nitrogens is 1. The molecule has 0 N–H and O–H groups in total. The first kappa shape index (κ1) is 23.4. The second kappa shape index (κ2) is 10.0. The van der Waals surface area contributed by atoms with Gasteiger partial charge in [0.1, 0.15) is 17.1 Å². The van der Waals surface area contributed by atoms with Gasteiger partial charge in [0.25, 0.3) is 0 Å². The molecule has 0 amide bonds. The summed E-state index contributed by atoms with van der Waals surface area (Å²) in [6.45, 7) is 0. The molecular weight excluding hydrogens is 470 g/mol. The molecule has 2 aliphatic rings. The first-order valence-electron chi connectivity index (χ1n) is 10.7. The number of hydrogen-bond acceptors (Lipinski definition) is 8. The number of thioether (sulfide) groups is 1. The Bertz CT molecular complexity index is 957. The Hall–Kier alpha value is -1.77. The first-order valence-corrected chi connectivity index (χ1v) is 12.8. The van der Waals surface area contributed by atoms with E-state index in [1.165, 1.54) is 23.1 Å². The van der Waals surface area contributed by atoms with Gasteiger partial charge in [-0.1, -0.05) is 36.2 Å². The minimum Gasteiger partial charge on any atom is -0.496 e. The van der Waals surface area contributed by atoms with E-state index in [2.05, 4.69) is 4.98 Å². The molecule has 1 saturated carbocycles. The molecule has 4 rings (SSSR count). The number of nitrogens with zero attached hydrogens (tertiary/aromatic N) is 1. The highest BCUT2D eigenvalue weighted by atomic mass is 35.5. The number of hydrogen-bond donors (Lipinski definition) is 0. The van der Waals surface area contributed by atoms with Crippen LogP contribution in [0.25, 0.3) is 0 Å². The van der Waals surface area contributed by atoms with Crippen LogP contribution in [0.5, 0.6) is 11.5 Å². The SMILES string of the molecule is COc1cc(OC)c(CCC2(C3CCCC3)CC(=O)C(Sc3nccs3)C(=O)O2)cc1Cl. The van der Waals surface area contributed by atoms with E-state index in [-0.39, 0.29) is 18.1 Å². The molecule has 0 spiro atoms. The van der Waals surface area contributed by atoms with Crippen molar-refractivity contribution in [3.8, 4) is 11.5 Å². The van der Waals surface area contributed by atoms with Crippen LogP contribution in [0.1, 0.15) is 44.1 Å². The van der Waals surface area contributed by atoms with Gasteiger partial charge in [0, 0.05) is 24.1 Å². The number of cyclic esters (lactones) is 1. The lowest BCUT2D eigenvalue weighted by molar-refractivity contribution is -0.177. The van der Waals surface area contributed by atoms with E-state index in [0.29, 0.717) is 33.7 Å². The third-order valence-corrected chi connectivity index (χ3v) is 8.82. The Kier molecular flexibility index (Phi) is 7.32. The number of rotatable bonds is 8. The highest BCUT2D eigenvalue weighted by molar-refractivity contribution is 8.03. The summed E-state index contributed by atoms with van der Waals surface area (Å²) in [6.07, 6.45) is 7.13. The number of aryl methyl sites for hydroxylation is 1. The van der Waals surface area contributed by atoms with Gasteiger partial charge in [-0.25, -0.2) is 4.98 Å². The van der Waals surface area contributed by atoms with E-state index in [0.717, 1.165) is 31.2 Å². The van der Waals surface area contributed by atoms with Crippen molar-refractivity contribution < 1.29 is 23.8 Å². The molecule has 2 fully saturated rings. The molecule has 1 aliphatic carbocycles. The Morgan fingerprint density at radius 1 is 1.22 bits per heavy atom. The standard InChI is InChI=1S/C23H26ClNO5S2/c1-28-18-12-19(29-2)16(24)11-14(18)7-8-23(15-5-3-4-6-15)13-17(26)20(21(27)30-23)32-22-25-9-10-31-22/h9-12,15,20H,3-8,13H2,1-2H3. The fourth-order valence-electron chi connectivity index (χ4n) is 4.78. The van der Waals surface area contributed by atoms with Crippen molar-refractivity contribution in [2.45, 2.75) is 60.1 Å². The lowest BCUT2D eigenvalue weighted by atomic mass is 9.76. The predicted molar refractivity (Wildman–Crippen MR) is 125 cm³/mol. The molecule has 1 aliphatic heterocycles. The number of halogens is 1. The average molecular weight is 496 g/mol. The number of benzene rings is 1. The van der Waals surface area contributed by atoms with Gasteiger partial charge in [-0.15, -0.1) is 11.3 Å². The van der Waals surface area contributed by atoms with Gasteiger partial charge < -0.3 is 14.2 Å². The Morgan fingerprint density at radius 2 is 1.97 bits per heavy atom. The van der Waals surface area contributed by atoms with Gasteiger partial charge in [0.2, 0.25) is 0 Å². The van der Waals surface area contributed by atoms with Gasteiger partial charge in [-0.2, -0.15) is 0 Å². The summed E-state index contributed by atoms with van der Waals surface area (Å²) in [5, 5.41) is 1.48. The molecule has 1 saturated heterocycles. The van der Waals surface area contributed by atoms with Gasteiger partial charge in [-0.3, -0.25) is 9.59 Å². The second-order valence-electron chi connectivity index (χ2n) is 8.20. The number of thiazole rings is 1. The molecule has 32 heavy (non-hydrogen) atoms. The zero-order valence-electron chi connectivity index (χ0n) is 18.1. The number of ether oxygens (including phenoxy) is 3. The summed E-state index contributed by atoms with van der Waals surface area (Å²) in [4.78, 5) is 30.4. The molecule has 6 nitrogen and oxygen atoms in total. The van der Waals surface area contributed by atoms with E-state index < -0.39 is 16.8 Å². The second-order valence-corrected chi connectivity index (χ2v) is 10.9. The van der Waals surface area contributed by atoms with Gasteiger partial charge in [-0.05, 0) is 43.2 Å². The van der Waals surface area contributed by atoms with Crippen molar-refractivity contribution in [1.82, 2.24) is 4.98 Å². The summed E-state index contributed by atoms with van der Waals surface area (Å²) in [7, 11) is 3.16. The normalized spacial score (nSPS) is 23.9. The van der Waals surface area contributed by atoms with Crippen LogP contribution in [-0.4, -0.2) is 41.8 Å². The number of carbonyl (C=O) groups is 2. The molecule has 2 atom stereocenters. The molecule has 0 radical (unpaired) electrons. The van der Waals surface area contributed by atoms with Gasteiger partial charge in [0.15, 0.2) is 15.4 Å². The smallest absolute Gasteiger partial charge is 0.327 e. The number of ketones is 1. The summed E-state index contributed by atoms with van der Waals surface area (Å²) in [5.74, 6) is 0.861. The summed E-state index contributed by atoms with van der Waals surface area (Å²) in [5.41, 5.74) is 0.112. The maximum atomic E-state index is 13.2. The lowest BCUT2D eigenvalue weighted by Crippen LogP contribution is -2.53. The first-order chi connectivity index (χ1) is 15.5. The number of Topliss-reactive ketones (excluding diaryl/α,β-unsaturated/α-hetero) is 1. The molecular formula is C23H26ClNO5S2. The Morgan fingerprint density at radius 3 is 2.59 bits per heavy atom. The molecule has 1 aromatic heterocycles. The van der Waals surface area contributed by atoms with Crippen molar-refractivity contribution in [3.05, 3.63) is 34.3 Å². The summed E-state index contributed by atoms with van der Waals surface area (Å²) < 4.78 is 17.7. The average Bonchev–Trinajstić information content (AvgIpc) is 3.49. The minimum atomic E-state index is -0.847. The van der Waals surface area contributed by atoms with Crippen molar-refractivity contribution in [3.63, 3.8) is 0 Å². The highest BCUT2D eigenvalue weighted by Crippen LogP contribution is 2.46. The van der Waals surface area contributed by atoms with Crippen LogP contribution in [0.2, 0.25) is 5.02 Å². The molecule has 2 unspecified atom stereocenters. The van der Waals surface area contributed by atoms with Crippen molar-refractivity contribution in [1.29, 1.82) is 0 Å². The summed E-state index contributed by atoms with van der Waals surface area (Å²) >= 11 is 8.95. The zero-order chi connectivity index (χ0) is 22.7. The largest absolute Gasteiger partial charge is 0.496 e. The van der Waals surface area contributed by atoms with Crippen LogP contribution in [0.15, 0.2) is 28.0 Å². The maximum Gasteiger partial charge on any atom is 0.327 e. The monoisotopic (exact) mass is 495 g/mol. The Balaban J connectivity index is 1.56.